The molecule has 82 valence electrons. The first kappa shape index (κ1) is 10.4. The van der Waals surface area contributed by atoms with Crippen LogP contribution in [-0.2, 0) is 0 Å². The van der Waals surface area contributed by atoms with E-state index in [0.29, 0.717) is 6.54 Å². The van der Waals surface area contributed by atoms with Gasteiger partial charge >= 0.3 is 5.69 Å². The molecule has 4 nitrogen and oxygen atoms in total. The van der Waals surface area contributed by atoms with Crippen molar-refractivity contribution in [3.8, 4) is 5.69 Å². The molecule has 0 amide bonds. The second-order valence-corrected chi connectivity index (χ2v) is 3.36. The van der Waals surface area contributed by atoms with Gasteiger partial charge in [-0.25, -0.2) is 4.79 Å². The molecule has 1 heterocycles. The van der Waals surface area contributed by atoms with Crippen LogP contribution < -0.4 is 11.4 Å². The molecule has 2 rings (SSSR count). The summed E-state index contributed by atoms with van der Waals surface area (Å²) < 4.78 is 1.55. The minimum absolute atomic E-state index is 0.134. The van der Waals surface area contributed by atoms with E-state index in [1.54, 1.807) is 17.0 Å². The molecule has 0 radical (unpaired) electrons. The first-order valence-corrected chi connectivity index (χ1v) is 5.04. The van der Waals surface area contributed by atoms with E-state index in [9.17, 15) is 4.79 Å². The molecule has 0 aliphatic heterocycles. The zero-order valence-electron chi connectivity index (χ0n) is 8.76. The largest absolute Gasteiger partial charge is 0.330 e. The number of H-pyrrole nitrogens is 1. The van der Waals surface area contributed by atoms with Crippen LogP contribution in [0.25, 0.3) is 11.8 Å². The van der Waals surface area contributed by atoms with E-state index in [0.717, 1.165) is 11.3 Å². The first-order valence-electron chi connectivity index (χ1n) is 5.04. The number of hydrogen-bond acceptors (Lipinski definition) is 2. The molecule has 4 heteroatoms. The van der Waals surface area contributed by atoms with Gasteiger partial charge in [0.2, 0.25) is 0 Å². The minimum atomic E-state index is -0.134. The molecule has 0 saturated heterocycles. The van der Waals surface area contributed by atoms with E-state index in [1.165, 1.54) is 0 Å². The van der Waals surface area contributed by atoms with Gasteiger partial charge in [-0.05, 0) is 17.7 Å². The predicted molar refractivity (Wildman–Crippen MR) is 64.5 cm³/mol. The highest BCUT2D eigenvalue weighted by Gasteiger charge is 1.98. The third-order valence-electron chi connectivity index (χ3n) is 2.27. The van der Waals surface area contributed by atoms with Crippen LogP contribution in [0.15, 0.2) is 47.5 Å². The maximum absolute atomic E-state index is 11.4. The molecule has 0 atom stereocenters. The SMILES string of the molecule is NC/C=C/c1ccc(-n2cc[nH]c2=O)cc1. The first-order chi connectivity index (χ1) is 7.81. The fourth-order valence-corrected chi connectivity index (χ4v) is 1.47. The molecule has 3 N–H and O–H groups in total. The molecule has 0 spiro atoms. The van der Waals surface area contributed by atoms with Crippen LogP contribution >= 0.6 is 0 Å². The lowest BCUT2D eigenvalue weighted by Crippen LogP contribution is -2.13. The average molecular weight is 215 g/mol. The molecule has 0 bridgehead atoms. The third-order valence-corrected chi connectivity index (χ3v) is 2.27. The molecule has 0 fully saturated rings. The molecular formula is C12H13N3O. The maximum atomic E-state index is 11.4. The van der Waals surface area contributed by atoms with Gasteiger partial charge in [0.05, 0.1) is 5.69 Å². The van der Waals surface area contributed by atoms with Crippen molar-refractivity contribution < 1.29 is 0 Å². The van der Waals surface area contributed by atoms with Crippen molar-refractivity contribution in [3.63, 3.8) is 0 Å². The van der Waals surface area contributed by atoms with Crippen LogP contribution in [0.3, 0.4) is 0 Å². The Hall–Kier alpha value is -2.07. The highest BCUT2D eigenvalue weighted by atomic mass is 16.1. The molecule has 0 aliphatic carbocycles. The molecule has 1 aromatic heterocycles. The van der Waals surface area contributed by atoms with Gasteiger partial charge in [-0.3, -0.25) is 4.57 Å². The van der Waals surface area contributed by atoms with Gasteiger partial charge in [0.15, 0.2) is 0 Å². The summed E-state index contributed by atoms with van der Waals surface area (Å²) in [5, 5.41) is 0. The number of rotatable bonds is 3. The van der Waals surface area contributed by atoms with Gasteiger partial charge in [-0.15, -0.1) is 0 Å². The zero-order chi connectivity index (χ0) is 11.4. The van der Waals surface area contributed by atoms with Crippen molar-refractivity contribution in [2.45, 2.75) is 0 Å². The summed E-state index contributed by atoms with van der Waals surface area (Å²) in [4.78, 5) is 13.9. The standard InChI is InChI=1S/C12H13N3O/c13-7-1-2-10-3-5-11(6-4-10)15-9-8-14-12(15)16/h1-6,8-9H,7,13H2,(H,14,16)/b2-1+. The third kappa shape index (κ3) is 2.12. The number of aromatic nitrogens is 2. The van der Waals surface area contributed by atoms with Gasteiger partial charge in [0, 0.05) is 18.9 Å². The van der Waals surface area contributed by atoms with Gasteiger partial charge in [0.25, 0.3) is 0 Å². The Kier molecular flexibility index (Phi) is 3.03. The summed E-state index contributed by atoms with van der Waals surface area (Å²) in [5.41, 5.74) is 7.14. The van der Waals surface area contributed by atoms with Gasteiger partial charge < -0.3 is 10.7 Å². The van der Waals surface area contributed by atoms with Gasteiger partial charge in [0.1, 0.15) is 0 Å². The monoisotopic (exact) mass is 215 g/mol. The molecule has 16 heavy (non-hydrogen) atoms. The lowest BCUT2D eigenvalue weighted by Gasteiger charge is -2.01. The van der Waals surface area contributed by atoms with Gasteiger partial charge in [-0.1, -0.05) is 24.3 Å². The highest BCUT2D eigenvalue weighted by molar-refractivity contribution is 5.51. The van der Waals surface area contributed by atoms with Crippen LogP contribution in [0.5, 0.6) is 0 Å². The number of nitrogens with one attached hydrogen (secondary N) is 1. The van der Waals surface area contributed by atoms with Crippen molar-refractivity contribution in [2.24, 2.45) is 5.73 Å². The number of imidazole rings is 1. The van der Waals surface area contributed by atoms with E-state index >= 15 is 0 Å². The van der Waals surface area contributed by atoms with E-state index in [-0.39, 0.29) is 5.69 Å². The summed E-state index contributed by atoms with van der Waals surface area (Å²) in [7, 11) is 0. The fraction of sp³-hybridized carbons (Fsp3) is 0.0833. The van der Waals surface area contributed by atoms with Crippen molar-refractivity contribution in [1.29, 1.82) is 0 Å². The van der Waals surface area contributed by atoms with Crippen molar-refractivity contribution in [1.82, 2.24) is 9.55 Å². The number of benzene rings is 1. The Morgan fingerprint density at radius 3 is 2.62 bits per heavy atom. The number of nitrogens with zero attached hydrogens (tertiary/aromatic N) is 1. The molecule has 2 aromatic rings. The Balaban J connectivity index is 2.30. The normalized spacial score (nSPS) is 11.1. The molecule has 0 saturated carbocycles. The second kappa shape index (κ2) is 4.63. The van der Waals surface area contributed by atoms with Crippen molar-refractivity contribution in [2.75, 3.05) is 6.54 Å². The van der Waals surface area contributed by atoms with E-state index in [1.807, 2.05) is 36.4 Å². The molecule has 0 aliphatic rings. The Bertz CT molecular complexity index is 534. The number of nitrogens with two attached hydrogens (primary N) is 1. The van der Waals surface area contributed by atoms with Crippen molar-refractivity contribution >= 4 is 6.08 Å². The van der Waals surface area contributed by atoms with Gasteiger partial charge in [-0.2, -0.15) is 0 Å². The lowest BCUT2D eigenvalue weighted by molar-refractivity contribution is 0.987. The summed E-state index contributed by atoms with van der Waals surface area (Å²) in [6.45, 7) is 0.527. The van der Waals surface area contributed by atoms with Crippen LogP contribution in [0, 0.1) is 0 Å². The summed E-state index contributed by atoms with van der Waals surface area (Å²) >= 11 is 0. The summed E-state index contributed by atoms with van der Waals surface area (Å²) in [6, 6.07) is 7.68. The Labute approximate surface area is 93.0 Å². The van der Waals surface area contributed by atoms with E-state index in [2.05, 4.69) is 4.98 Å². The van der Waals surface area contributed by atoms with E-state index < -0.39 is 0 Å². The zero-order valence-corrected chi connectivity index (χ0v) is 8.76. The summed E-state index contributed by atoms with van der Waals surface area (Å²) in [6.07, 6.45) is 7.15. The Morgan fingerprint density at radius 1 is 1.31 bits per heavy atom. The van der Waals surface area contributed by atoms with Crippen molar-refractivity contribution in [3.05, 3.63) is 58.8 Å². The number of hydrogen-bond donors (Lipinski definition) is 2. The fourth-order valence-electron chi connectivity index (χ4n) is 1.47. The van der Waals surface area contributed by atoms with Crippen LogP contribution in [0.4, 0.5) is 0 Å². The topological polar surface area (TPSA) is 63.8 Å². The summed E-state index contributed by atoms with van der Waals surface area (Å²) in [5.74, 6) is 0. The smallest absolute Gasteiger partial charge is 0.327 e. The predicted octanol–water partition coefficient (Wildman–Crippen LogP) is 1.14. The maximum Gasteiger partial charge on any atom is 0.330 e. The van der Waals surface area contributed by atoms with Crippen LogP contribution in [0.2, 0.25) is 0 Å². The Morgan fingerprint density at radius 2 is 2.06 bits per heavy atom. The molecule has 0 unspecified atom stereocenters. The van der Waals surface area contributed by atoms with Crippen LogP contribution in [0.1, 0.15) is 5.56 Å². The minimum Gasteiger partial charge on any atom is -0.327 e. The van der Waals surface area contributed by atoms with E-state index in [4.69, 9.17) is 5.73 Å². The number of aromatic amines is 1. The second-order valence-electron chi connectivity index (χ2n) is 3.36. The van der Waals surface area contributed by atoms with Crippen LogP contribution in [-0.4, -0.2) is 16.1 Å². The average Bonchev–Trinajstić information content (AvgIpc) is 2.74. The molecule has 1 aromatic carbocycles. The lowest BCUT2D eigenvalue weighted by atomic mass is 10.2. The highest BCUT2D eigenvalue weighted by Crippen LogP contribution is 2.08. The quantitative estimate of drug-likeness (QED) is 0.806. The molecular weight excluding hydrogens is 202 g/mol.